The van der Waals surface area contributed by atoms with Crippen LogP contribution in [-0.4, -0.2) is 37.1 Å². The van der Waals surface area contributed by atoms with E-state index in [1.165, 1.54) is 11.1 Å². The minimum atomic E-state index is -0.608. The predicted molar refractivity (Wildman–Crippen MR) is 141 cm³/mol. The molecule has 6 heteroatoms. The Hall–Kier alpha value is -3.02. The van der Waals surface area contributed by atoms with Gasteiger partial charge in [-0.05, 0) is 66.5 Å². The van der Waals surface area contributed by atoms with Gasteiger partial charge in [0.2, 0.25) is 0 Å². The largest absolute Gasteiger partial charge is 0.481 e. The van der Waals surface area contributed by atoms with Crippen LogP contribution in [0, 0.1) is 0 Å². The van der Waals surface area contributed by atoms with Crippen molar-refractivity contribution in [2.75, 3.05) is 13.1 Å². The molecule has 0 radical (unpaired) electrons. The van der Waals surface area contributed by atoms with Gasteiger partial charge in [-0.2, -0.15) is 0 Å². The molecule has 0 spiro atoms. The molecule has 2 N–H and O–H groups in total. The van der Waals surface area contributed by atoms with Gasteiger partial charge in [-0.15, -0.1) is 0 Å². The van der Waals surface area contributed by atoms with Crippen LogP contribution in [-0.2, 0) is 20.4 Å². The fourth-order valence-corrected chi connectivity index (χ4v) is 3.38. The standard InChI is InChI=1S/C29H42N2O4/c1-20(34-24-14-10-22(11-15-24)28(3,4)5)26(32)30-18-9-19-31-27(33)21(2)35-25-16-12-23(13-17-25)29(6,7)8/h10-17,20-21H,9,18-19H2,1-8H3,(H,30,32)(H,31,33). The summed E-state index contributed by atoms with van der Waals surface area (Å²) in [7, 11) is 0. The first kappa shape index (κ1) is 28.2. The molecule has 6 nitrogen and oxygen atoms in total. The van der Waals surface area contributed by atoms with E-state index in [1.807, 2.05) is 48.5 Å². The van der Waals surface area contributed by atoms with Gasteiger partial charge in [0.1, 0.15) is 11.5 Å². The third-order valence-electron chi connectivity index (χ3n) is 5.76. The zero-order valence-electron chi connectivity index (χ0n) is 22.5. The molecule has 2 aromatic carbocycles. The SMILES string of the molecule is CC(Oc1ccc(C(C)(C)C)cc1)C(=O)NCCCNC(=O)C(C)Oc1ccc(C(C)(C)C)cc1. The van der Waals surface area contributed by atoms with E-state index < -0.39 is 12.2 Å². The number of rotatable bonds is 10. The van der Waals surface area contributed by atoms with Crippen molar-refractivity contribution >= 4 is 11.8 Å². The third kappa shape index (κ3) is 9.27. The van der Waals surface area contributed by atoms with Crippen LogP contribution < -0.4 is 20.1 Å². The summed E-state index contributed by atoms with van der Waals surface area (Å²) in [5.41, 5.74) is 2.56. The van der Waals surface area contributed by atoms with E-state index in [-0.39, 0.29) is 22.6 Å². The second-order valence-corrected chi connectivity index (χ2v) is 11.0. The first-order chi connectivity index (χ1) is 16.3. The number of hydrogen-bond acceptors (Lipinski definition) is 4. The highest BCUT2D eigenvalue weighted by atomic mass is 16.5. The van der Waals surface area contributed by atoms with E-state index in [2.05, 4.69) is 52.2 Å². The Kier molecular flexibility index (Phi) is 9.75. The average Bonchev–Trinajstić information content (AvgIpc) is 2.78. The Morgan fingerprint density at radius 1 is 0.657 bits per heavy atom. The molecular formula is C29H42N2O4. The lowest BCUT2D eigenvalue weighted by molar-refractivity contribution is -0.127. The summed E-state index contributed by atoms with van der Waals surface area (Å²) in [5.74, 6) is 0.947. The Balaban J connectivity index is 1.66. The molecule has 0 saturated heterocycles. The summed E-state index contributed by atoms with van der Waals surface area (Å²) in [6, 6.07) is 15.7. The van der Waals surface area contributed by atoms with Crippen molar-refractivity contribution in [1.29, 1.82) is 0 Å². The van der Waals surface area contributed by atoms with Crippen molar-refractivity contribution in [3.63, 3.8) is 0 Å². The van der Waals surface area contributed by atoms with Gasteiger partial charge in [0.25, 0.3) is 11.8 Å². The minimum absolute atomic E-state index is 0.0680. The molecule has 0 aliphatic heterocycles. The van der Waals surface area contributed by atoms with Crippen LogP contribution in [0.4, 0.5) is 0 Å². The summed E-state index contributed by atoms with van der Waals surface area (Å²) in [5, 5.41) is 5.70. The Morgan fingerprint density at radius 2 is 0.971 bits per heavy atom. The molecule has 0 aliphatic rings. The van der Waals surface area contributed by atoms with Gasteiger partial charge < -0.3 is 20.1 Å². The molecule has 2 aromatic rings. The first-order valence-corrected chi connectivity index (χ1v) is 12.4. The second-order valence-electron chi connectivity index (χ2n) is 11.0. The Morgan fingerprint density at radius 3 is 1.26 bits per heavy atom. The molecule has 35 heavy (non-hydrogen) atoms. The van der Waals surface area contributed by atoms with Crippen LogP contribution >= 0.6 is 0 Å². The van der Waals surface area contributed by atoms with E-state index in [9.17, 15) is 9.59 Å². The van der Waals surface area contributed by atoms with Crippen molar-refractivity contribution in [2.45, 2.75) is 84.8 Å². The molecule has 2 unspecified atom stereocenters. The molecule has 192 valence electrons. The number of nitrogens with one attached hydrogen (secondary N) is 2. The van der Waals surface area contributed by atoms with Crippen molar-refractivity contribution in [3.05, 3.63) is 59.7 Å². The van der Waals surface area contributed by atoms with Crippen LogP contribution in [0.1, 0.15) is 72.9 Å². The lowest BCUT2D eigenvalue weighted by Gasteiger charge is -2.20. The van der Waals surface area contributed by atoms with Gasteiger partial charge in [0.15, 0.2) is 12.2 Å². The van der Waals surface area contributed by atoms with Crippen LogP contribution in [0.5, 0.6) is 11.5 Å². The summed E-state index contributed by atoms with van der Waals surface area (Å²) >= 11 is 0. The van der Waals surface area contributed by atoms with Gasteiger partial charge in [-0.3, -0.25) is 9.59 Å². The molecule has 0 aliphatic carbocycles. The second kappa shape index (κ2) is 12.1. The molecule has 0 aromatic heterocycles. The quantitative estimate of drug-likeness (QED) is 0.460. The van der Waals surface area contributed by atoms with Gasteiger partial charge >= 0.3 is 0 Å². The molecule has 0 bridgehead atoms. The topological polar surface area (TPSA) is 76.7 Å². The highest BCUT2D eigenvalue weighted by molar-refractivity contribution is 5.81. The fourth-order valence-electron chi connectivity index (χ4n) is 3.38. The van der Waals surface area contributed by atoms with Crippen molar-refractivity contribution in [3.8, 4) is 11.5 Å². The normalized spacial score (nSPS) is 13.5. The van der Waals surface area contributed by atoms with Crippen LogP contribution in [0.2, 0.25) is 0 Å². The van der Waals surface area contributed by atoms with E-state index >= 15 is 0 Å². The van der Waals surface area contributed by atoms with Crippen LogP contribution in [0.15, 0.2) is 48.5 Å². The summed E-state index contributed by atoms with van der Waals surface area (Å²) in [6.07, 6.45) is -0.608. The smallest absolute Gasteiger partial charge is 0.260 e. The maximum absolute atomic E-state index is 12.3. The molecule has 2 rings (SSSR count). The van der Waals surface area contributed by atoms with Gasteiger partial charge in [0, 0.05) is 13.1 Å². The summed E-state index contributed by atoms with van der Waals surface area (Å²) in [6.45, 7) is 17.3. The molecule has 0 fully saturated rings. The third-order valence-corrected chi connectivity index (χ3v) is 5.76. The van der Waals surface area contributed by atoms with E-state index in [4.69, 9.17) is 9.47 Å². The summed E-state index contributed by atoms with van der Waals surface area (Å²) < 4.78 is 11.5. The van der Waals surface area contributed by atoms with E-state index in [1.54, 1.807) is 13.8 Å². The maximum Gasteiger partial charge on any atom is 0.260 e. The number of amides is 2. The Bertz CT molecular complexity index is 875. The van der Waals surface area contributed by atoms with Gasteiger partial charge in [0.05, 0.1) is 0 Å². The Labute approximate surface area is 210 Å². The predicted octanol–water partition coefficient (Wildman–Crippen LogP) is 5.14. The average molecular weight is 483 g/mol. The van der Waals surface area contributed by atoms with Crippen LogP contribution in [0.3, 0.4) is 0 Å². The van der Waals surface area contributed by atoms with E-state index in [0.29, 0.717) is 31.0 Å². The lowest BCUT2D eigenvalue weighted by atomic mass is 9.87. The molecule has 2 atom stereocenters. The zero-order valence-corrected chi connectivity index (χ0v) is 22.5. The summed E-state index contributed by atoms with van der Waals surface area (Å²) in [4.78, 5) is 24.6. The molecule has 0 saturated carbocycles. The van der Waals surface area contributed by atoms with Gasteiger partial charge in [-0.1, -0.05) is 65.8 Å². The number of benzene rings is 2. The molecule has 0 heterocycles. The highest BCUT2D eigenvalue weighted by Gasteiger charge is 2.18. The molecular weight excluding hydrogens is 440 g/mol. The van der Waals surface area contributed by atoms with Crippen molar-refractivity contribution in [2.24, 2.45) is 0 Å². The number of hydrogen-bond donors (Lipinski definition) is 2. The first-order valence-electron chi connectivity index (χ1n) is 12.4. The van der Waals surface area contributed by atoms with Crippen molar-refractivity contribution < 1.29 is 19.1 Å². The van der Waals surface area contributed by atoms with E-state index in [0.717, 1.165) is 0 Å². The zero-order chi connectivity index (χ0) is 26.2. The lowest BCUT2D eigenvalue weighted by Crippen LogP contribution is -2.39. The van der Waals surface area contributed by atoms with Crippen LogP contribution in [0.25, 0.3) is 0 Å². The maximum atomic E-state index is 12.3. The van der Waals surface area contributed by atoms with Crippen molar-refractivity contribution in [1.82, 2.24) is 10.6 Å². The monoisotopic (exact) mass is 482 g/mol. The fraction of sp³-hybridized carbons (Fsp3) is 0.517. The molecule has 2 amide bonds. The van der Waals surface area contributed by atoms with Gasteiger partial charge in [-0.25, -0.2) is 0 Å². The number of ether oxygens (including phenoxy) is 2. The highest BCUT2D eigenvalue weighted by Crippen LogP contribution is 2.25. The number of carbonyl (C=O) groups is 2. The minimum Gasteiger partial charge on any atom is -0.481 e. The number of carbonyl (C=O) groups excluding carboxylic acids is 2.